The van der Waals surface area contributed by atoms with Gasteiger partial charge in [-0.15, -0.1) is 0 Å². The number of nitrogens with zero attached hydrogens (tertiary/aromatic N) is 1. The van der Waals surface area contributed by atoms with Crippen LogP contribution in [0.1, 0.15) is 28.4 Å². The average molecular weight is 343 g/mol. The van der Waals surface area contributed by atoms with Gasteiger partial charge in [-0.1, -0.05) is 53.2 Å². The lowest BCUT2D eigenvalue weighted by Crippen LogP contribution is -2.16. The number of aryl methyl sites for hydroxylation is 1. The minimum absolute atomic E-state index is 0.0355. The smallest absolute Gasteiger partial charge is 0.127 e. The molecule has 3 aromatic rings. The monoisotopic (exact) mass is 342 g/mol. The first kappa shape index (κ1) is 16.6. The van der Waals surface area contributed by atoms with Crippen LogP contribution in [0.3, 0.4) is 0 Å². The largest absolute Gasteiger partial charge is 0.396 e. The highest BCUT2D eigenvalue weighted by atomic mass is 35.5. The van der Waals surface area contributed by atoms with Gasteiger partial charge in [-0.2, -0.15) is 0 Å². The van der Waals surface area contributed by atoms with Crippen LogP contribution in [0.15, 0.2) is 59.3 Å². The summed E-state index contributed by atoms with van der Waals surface area (Å²) in [6.07, 6.45) is 2.06. The maximum absolute atomic E-state index is 9.29. The average Bonchev–Trinajstić information content (AvgIpc) is 3.03. The number of aliphatic hydroxyl groups is 1. The van der Waals surface area contributed by atoms with E-state index < -0.39 is 0 Å². The number of hydrogen-bond donors (Lipinski definition) is 2. The third kappa shape index (κ3) is 3.45. The van der Waals surface area contributed by atoms with Gasteiger partial charge in [-0.05, 0) is 30.2 Å². The molecule has 0 aliphatic heterocycles. The quantitative estimate of drug-likeness (QED) is 0.698. The van der Waals surface area contributed by atoms with Crippen molar-refractivity contribution < 1.29 is 9.63 Å². The molecule has 124 valence electrons. The SMILES string of the molecule is Cc1ccccc1NC(c1ccccc1Cl)c1nocc1CCO. The lowest BCUT2D eigenvalue weighted by Gasteiger charge is -2.21. The van der Waals surface area contributed by atoms with Crippen LogP contribution in [-0.4, -0.2) is 16.9 Å². The highest BCUT2D eigenvalue weighted by Crippen LogP contribution is 2.33. The van der Waals surface area contributed by atoms with E-state index >= 15 is 0 Å². The van der Waals surface area contributed by atoms with E-state index in [1.54, 1.807) is 6.26 Å². The third-order valence-corrected chi connectivity index (χ3v) is 4.33. The second-order valence-electron chi connectivity index (χ2n) is 5.61. The molecule has 5 heteroatoms. The fourth-order valence-corrected chi connectivity index (χ4v) is 2.95. The molecule has 0 aliphatic carbocycles. The molecule has 4 nitrogen and oxygen atoms in total. The summed E-state index contributed by atoms with van der Waals surface area (Å²) in [5, 5.41) is 17.6. The van der Waals surface area contributed by atoms with Gasteiger partial charge in [0.05, 0.1) is 6.04 Å². The number of anilines is 1. The lowest BCUT2D eigenvalue weighted by molar-refractivity contribution is 0.299. The molecule has 2 N–H and O–H groups in total. The molecule has 1 unspecified atom stereocenters. The van der Waals surface area contributed by atoms with Crippen molar-refractivity contribution in [3.63, 3.8) is 0 Å². The van der Waals surface area contributed by atoms with Crippen LogP contribution in [-0.2, 0) is 6.42 Å². The molecule has 1 aromatic heterocycles. The molecule has 1 atom stereocenters. The molecule has 0 bridgehead atoms. The Kier molecular flexibility index (Phi) is 5.18. The first-order valence-corrected chi connectivity index (χ1v) is 8.19. The van der Waals surface area contributed by atoms with Crippen LogP contribution in [0, 0.1) is 6.92 Å². The van der Waals surface area contributed by atoms with Crippen molar-refractivity contribution in [2.75, 3.05) is 11.9 Å². The standard InChI is InChI=1S/C19H19ClN2O2/c1-13-6-2-5-9-17(13)21-19(15-7-3-4-8-16(15)20)18-14(10-11-23)12-24-22-18/h2-9,12,19,21,23H,10-11H2,1H3. The van der Waals surface area contributed by atoms with Crippen LogP contribution in [0.5, 0.6) is 0 Å². The van der Waals surface area contributed by atoms with Crippen molar-refractivity contribution in [2.45, 2.75) is 19.4 Å². The predicted octanol–water partition coefficient (Wildman–Crippen LogP) is 4.37. The number of aliphatic hydroxyl groups excluding tert-OH is 1. The van der Waals surface area contributed by atoms with Gasteiger partial charge in [0.15, 0.2) is 0 Å². The van der Waals surface area contributed by atoms with Gasteiger partial charge in [0.25, 0.3) is 0 Å². The van der Waals surface area contributed by atoms with Gasteiger partial charge in [-0.25, -0.2) is 0 Å². The number of para-hydroxylation sites is 1. The Labute approximate surface area is 146 Å². The zero-order chi connectivity index (χ0) is 16.9. The third-order valence-electron chi connectivity index (χ3n) is 3.99. The fraction of sp³-hybridized carbons (Fsp3) is 0.211. The molecular formula is C19H19ClN2O2. The Balaban J connectivity index is 2.06. The van der Waals surface area contributed by atoms with E-state index in [0.29, 0.717) is 11.4 Å². The lowest BCUT2D eigenvalue weighted by atomic mass is 9.98. The van der Waals surface area contributed by atoms with Crippen molar-refractivity contribution >= 4 is 17.3 Å². The summed E-state index contributed by atoms with van der Waals surface area (Å²) in [5.41, 5.74) is 4.64. The van der Waals surface area contributed by atoms with Crippen LogP contribution >= 0.6 is 11.6 Å². The van der Waals surface area contributed by atoms with E-state index in [1.807, 2.05) is 55.5 Å². The maximum atomic E-state index is 9.29. The maximum Gasteiger partial charge on any atom is 0.127 e. The number of nitrogens with one attached hydrogen (secondary N) is 1. The highest BCUT2D eigenvalue weighted by molar-refractivity contribution is 6.31. The van der Waals surface area contributed by atoms with Crippen molar-refractivity contribution in [1.82, 2.24) is 5.16 Å². The highest BCUT2D eigenvalue weighted by Gasteiger charge is 2.23. The normalized spacial score (nSPS) is 12.1. The number of benzene rings is 2. The van der Waals surface area contributed by atoms with Gasteiger partial charge < -0.3 is 14.9 Å². The molecule has 0 radical (unpaired) electrons. The Morgan fingerprint density at radius 2 is 1.92 bits per heavy atom. The van der Waals surface area contributed by atoms with Gasteiger partial charge in [0, 0.05) is 29.3 Å². The van der Waals surface area contributed by atoms with Crippen molar-refractivity contribution in [3.05, 3.63) is 82.2 Å². The minimum atomic E-state index is -0.264. The number of halogens is 1. The molecule has 0 saturated carbocycles. The molecule has 2 aromatic carbocycles. The second-order valence-corrected chi connectivity index (χ2v) is 6.02. The van der Waals surface area contributed by atoms with E-state index in [-0.39, 0.29) is 12.6 Å². The van der Waals surface area contributed by atoms with E-state index in [1.165, 1.54) is 0 Å². The van der Waals surface area contributed by atoms with Crippen LogP contribution < -0.4 is 5.32 Å². The Hall–Kier alpha value is -2.30. The molecule has 0 amide bonds. The summed E-state index contributed by atoms with van der Waals surface area (Å²) in [7, 11) is 0. The topological polar surface area (TPSA) is 58.3 Å². The van der Waals surface area contributed by atoms with Crippen molar-refractivity contribution in [1.29, 1.82) is 0 Å². The molecule has 0 saturated heterocycles. The Morgan fingerprint density at radius 1 is 1.17 bits per heavy atom. The minimum Gasteiger partial charge on any atom is -0.396 e. The molecule has 0 spiro atoms. The van der Waals surface area contributed by atoms with E-state index in [9.17, 15) is 5.11 Å². The first-order chi connectivity index (χ1) is 11.7. The molecule has 3 rings (SSSR count). The molecule has 0 fully saturated rings. The summed E-state index contributed by atoms with van der Waals surface area (Å²) < 4.78 is 5.16. The van der Waals surface area contributed by atoms with E-state index in [2.05, 4.69) is 10.5 Å². The van der Waals surface area contributed by atoms with Crippen LogP contribution in [0.25, 0.3) is 0 Å². The van der Waals surface area contributed by atoms with Gasteiger partial charge in [0.2, 0.25) is 0 Å². The Morgan fingerprint density at radius 3 is 2.67 bits per heavy atom. The molecule has 0 aliphatic rings. The second kappa shape index (κ2) is 7.51. The number of rotatable bonds is 6. The van der Waals surface area contributed by atoms with Gasteiger partial charge in [-0.3, -0.25) is 0 Å². The Bertz CT molecular complexity index is 816. The molecular weight excluding hydrogens is 324 g/mol. The molecule has 24 heavy (non-hydrogen) atoms. The first-order valence-electron chi connectivity index (χ1n) is 7.81. The summed E-state index contributed by atoms with van der Waals surface area (Å²) in [6, 6.07) is 15.4. The number of hydrogen-bond acceptors (Lipinski definition) is 4. The van der Waals surface area contributed by atoms with Crippen molar-refractivity contribution in [3.8, 4) is 0 Å². The summed E-state index contributed by atoms with van der Waals surface area (Å²) in [5.74, 6) is 0. The van der Waals surface area contributed by atoms with Crippen LogP contribution in [0.2, 0.25) is 5.02 Å². The van der Waals surface area contributed by atoms with E-state index in [0.717, 1.165) is 28.1 Å². The summed E-state index contributed by atoms with van der Waals surface area (Å²) in [6.45, 7) is 2.08. The predicted molar refractivity (Wildman–Crippen MR) is 95.4 cm³/mol. The summed E-state index contributed by atoms with van der Waals surface area (Å²) in [4.78, 5) is 0. The number of aromatic nitrogens is 1. The summed E-state index contributed by atoms with van der Waals surface area (Å²) >= 11 is 6.42. The molecule has 1 heterocycles. The van der Waals surface area contributed by atoms with E-state index in [4.69, 9.17) is 16.1 Å². The van der Waals surface area contributed by atoms with Crippen molar-refractivity contribution in [2.24, 2.45) is 0 Å². The fourth-order valence-electron chi connectivity index (χ4n) is 2.70. The van der Waals surface area contributed by atoms with Gasteiger partial charge >= 0.3 is 0 Å². The zero-order valence-electron chi connectivity index (χ0n) is 13.4. The zero-order valence-corrected chi connectivity index (χ0v) is 14.1. The van der Waals surface area contributed by atoms with Gasteiger partial charge in [0.1, 0.15) is 12.0 Å². The van der Waals surface area contributed by atoms with Crippen LogP contribution in [0.4, 0.5) is 5.69 Å².